The van der Waals surface area contributed by atoms with E-state index in [1.165, 1.54) is 11.6 Å². The van der Waals surface area contributed by atoms with Gasteiger partial charge in [0.1, 0.15) is 23.5 Å². The van der Waals surface area contributed by atoms with Crippen LogP contribution in [0.3, 0.4) is 0 Å². The zero-order valence-corrected chi connectivity index (χ0v) is 16.1. The number of ether oxygens (including phenoxy) is 1. The summed E-state index contributed by atoms with van der Waals surface area (Å²) in [5.74, 6) is 0.509. The molecule has 25 heavy (non-hydrogen) atoms. The van der Waals surface area contributed by atoms with Crippen LogP contribution in [-0.2, 0) is 13.0 Å². The Morgan fingerprint density at radius 1 is 1.20 bits per heavy atom. The van der Waals surface area contributed by atoms with Crippen molar-refractivity contribution in [3.63, 3.8) is 0 Å². The molecule has 1 heterocycles. The minimum absolute atomic E-state index is 0. The molecular formula is C18H20F2IN3O. The highest BCUT2D eigenvalue weighted by Crippen LogP contribution is 2.27. The molecule has 1 unspecified atom stereocenters. The summed E-state index contributed by atoms with van der Waals surface area (Å²) < 4.78 is 32.6. The number of nitrogens with one attached hydrogen (secondary N) is 2. The lowest BCUT2D eigenvalue weighted by Crippen LogP contribution is -2.42. The SMILES string of the molecule is CN=C(NCc1cc(F)ccc1F)NCC1Cc2ccccc2O1.I. The summed E-state index contributed by atoms with van der Waals surface area (Å²) in [5, 5.41) is 6.12. The van der Waals surface area contributed by atoms with Gasteiger partial charge in [0.2, 0.25) is 0 Å². The highest BCUT2D eigenvalue weighted by atomic mass is 127. The average Bonchev–Trinajstić information content (AvgIpc) is 3.00. The molecule has 0 saturated heterocycles. The Hall–Kier alpha value is -1.90. The molecule has 0 amide bonds. The first-order valence-electron chi connectivity index (χ1n) is 7.78. The number of hydrogen-bond donors (Lipinski definition) is 2. The Morgan fingerprint density at radius 2 is 2.00 bits per heavy atom. The second kappa shape index (κ2) is 8.98. The molecule has 2 aromatic rings. The van der Waals surface area contributed by atoms with E-state index in [4.69, 9.17) is 4.74 Å². The molecule has 0 aromatic heterocycles. The summed E-state index contributed by atoms with van der Waals surface area (Å²) in [6.07, 6.45) is 0.852. The molecule has 1 aliphatic rings. The van der Waals surface area contributed by atoms with E-state index in [1.54, 1.807) is 7.05 Å². The van der Waals surface area contributed by atoms with Crippen LogP contribution < -0.4 is 15.4 Å². The van der Waals surface area contributed by atoms with E-state index >= 15 is 0 Å². The number of aliphatic imine (C=N–C) groups is 1. The van der Waals surface area contributed by atoms with E-state index < -0.39 is 11.6 Å². The van der Waals surface area contributed by atoms with Gasteiger partial charge in [0, 0.05) is 25.6 Å². The highest BCUT2D eigenvalue weighted by Gasteiger charge is 2.22. The van der Waals surface area contributed by atoms with Crippen LogP contribution in [0.4, 0.5) is 8.78 Å². The van der Waals surface area contributed by atoms with Crippen LogP contribution in [0.1, 0.15) is 11.1 Å². The molecule has 0 radical (unpaired) electrons. The van der Waals surface area contributed by atoms with Gasteiger partial charge in [-0.3, -0.25) is 4.99 Å². The smallest absolute Gasteiger partial charge is 0.191 e. The molecule has 7 heteroatoms. The Bertz CT molecular complexity index is 730. The monoisotopic (exact) mass is 459 g/mol. The number of benzene rings is 2. The number of fused-ring (bicyclic) bond motifs is 1. The third-order valence-electron chi connectivity index (χ3n) is 3.89. The van der Waals surface area contributed by atoms with Gasteiger partial charge in [-0.05, 0) is 29.8 Å². The van der Waals surface area contributed by atoms with Crippen molar-refractivity contribution in [1.29, 1.82) is 0 Å². The van der Waals surface area contributed by atoms with Crippen LogP contribution in [0.5, 0.6) is 5.75 Å². The normalized spacial score (nSPS) is 15.8. The predicted molar refractivity (Wildman–Crippen MR) is 105 cm³/mol. The van der Waals surface area contributed by atoms with Crippen LogP contribution in [0.15, 0.2) is 47.5 Å². The van der Waals surface area contributed by atoms with E-state index in [-0.39, 0.29) is 42.2 Å². The summed E-state index contributed by atoms with van der Waals surface area (Å²) in [6, 6.07) is 11.3. The highest BCUT2D eigenvalue weighted by molar-refractivity contribution is 14.0. The zero-order valence-electron chi connectivity index (χ0n) is 13.8. The Labute approximate surface area is 162 Å². The maximum absolute atomic E-state index is 13.6. The Kier molecular flexibility index (Phi) is 6.98. The molecule has 3 rings (SSSR count). The summed E-state index contributed by atoms with van der Waals surface area (Å²) in [6.45, 7) is 0.717. The van der Waals surface area contributed by atoms with Crippen LogP contribution in [0.25, 0.3) is 0 Å². The fraction of sp³-hybridized carbons (Fsp3) is 0.278. The van der Waals surface area contributed by atoms with Crippen molar-refractivity contribution < 1.29 is 13.5 Å². The second-order valence-electron chi connectivity index (χ2n) is 5.59. The predicted octanol–water partition coefficient (Wildman–Crippen LogP) is 3.25. The molecule has 0 aliphatic carbocycles. The van der Waals surface area contributed by atoms with Gasteiger partial charge in [-0.15, -0.1) is 24.0 Å². The van der Waals surface area contributed by atoms with Gasteiger partial charge in [-0.1, -0.05) is 18.2 Å². The standard InChI is InChI=1S/C18H19F2N3O.HI/c1-21-18(22-10-13-8-14(19)6-7-16(13)20)23-11-15-9-12-4-2-3-5-17(12)24-15;/h2-8,15H,9-11H2,1H3,(H2,21,22,23);1H. The summed E-state index contributed by atoms with van der Waals surface area (Å²) in [4.78, 5) is 4.09. The first-order valence-corrected chi connectivity index (χ1v) is 7.78. The summed E-state index contributed by atoms with van der Waals surface area (Å²) in [7, 11) is 1.63. The van der Waals surface area contributed by atoms with E-state index in [0.29, 0.717) is 12.5 Å². The van der Waals surface area contributed by atoms with Crippen molar-refractivity contribution >= 4 is 29.9 Å². The van der Waals surface area contributed by atoms with Gasteiger partial charge in [-0.25, -0.2) is 8.78 Å². The largest absolute Gasteiger partial charge is 0.488 e. The van der Waals surface area contributed by atoms with Crippen LogP contribution in [-0.4, -0.2) is 25.7 Å². The first-order chi connectivity index (χ1) is 11.7. The topological polar surface area (TPSA) is 45.7 Å². The van der Waals surface area contributed by atoms with Gasteiger partial charge < -0.3 is 15.4 Å². The lowest BCUT2D eigenvalue weighted by molar-refractivity contribution is 0.235. The van der Waals surface area contributed by atoms with Gasteiger partial charge in [0.25, 0.3) is 0 Å². The Morgan fingerprint density at radius 3 is 2.76 bits per heavy atom. The van der Waals surface area contributed by atoms with Crippen molar-refractivity contribution in [3.8, 4) is 5.75 Å². The van der Waals surface area contributed by atoms with E-state index in [9.17, 15) is 8.78 Å². The maximum Gasteiger partial charge on any atom is 0.191 e. The van der Waals surface area contributed by atoms with E-state index in [2.05, 4.69) is 21.7 Å². The summed E-state index contributed by atoms with van der Waals surface area (Å²) >= 11 is 0. The number of guanidine groups is 1. The van der Waals surface area contributed by atoms with Gasteiger partial charge in [0.05, 0.1) is 6.54 Å². The Balaban J connectivity index is 0.00000225. The molecule has 1 atom stereocenters. The van der Waals surface area contributed by atoms with Crippen molar-refractivity contribution in [1.82, 2.24) is 10.6 Å². The van der Waals surface area contributed by atoms with E-state index in [0.717, 1.165) is 24.3 Å². The molecule has 0 spiro atoms. The van der Waals surface area contributed by atoms with Gasteiger partial charge in [0.15, 0.2) is 5.96 Å². The third-order valence-corrected chi connectivity index (χ3v) is 3.89. The van der Waals surface area contributed by atoms with Crippen LogP contribution >= 0.6 is 24.0 Å². The molecule has 0 saturated carbocycles. The lowest BCUT2D eigenvalue weighted by Gasteiger charge is -2.16. The molecule has 1 aliphatic heterocycles. The molecule has 4 nitrogen and oxygen atoms in total. The van der Waals surface area contributed by atoms with Gasteiger partial charge in [-0.2, -0.15) is 0 Å². The minimum atomic E-state index is -0.465. The average molecular weight is 459 g/mol. The molecule has 0 bridgehead atoms. The molecule has 2 aromatic carbocycles. The first kappa shape index (κ1) is 19.4. The fourth-order valence-corrected chi connectivity index (χ4v) is 2.66. The number of halogens is 3. The molecule has 2 N–H and O–H groups in total. The van der Waals surface area contributed by atoms with E-state index in [1.807, 2.05) is 18.2 Å². The summed E-state index contributed by atoms with van der Waals surface area (Å²) in [5.41, 5.74) is 1.44. The maximum atomic E-state index is 13.6. The van der Waals surface area contributed by atoms with Crippen molar-refractivity contribution in [3.05, 3.63) is 65.2 Å². The van der Waals surface area contributed by atoms with Crippen LogP contribution in [0.2, 0.25) is 0 Å². The number of rotatable bonds is 4. The van der Waals surface area contributed by atoms with Crippen molar-refractivity contribution in [2.75, 3.05) is 13.6 Å². The zero-order chi connectivity index (χ0) is 16.9. The number of nitrogens with zero attached hydrogens (tertiary/aromatic N) is 1. The van der Waals surface area contributed by atoms with Crippen molar-refractivity contribution in [2.24, 2.45) is 4.99 Å². The molecule has 134 valence electrons. The van der Waals surface area contributed by atoms with Crippen molar-refractivity contribution in [2.45, 2.75) is 19.1 Å². The lowest BCUT2D eigenvalue weighted by atomic mass is 10.1. The molecule has 0 fully saturated rings. The van der Waals surface area contributed by atoms with Gasteiger partial charge >= 0.3 is 0 Å². The number of para-hydroxylation sites is 1. The fourth-order valence-electron chi connectivity index (χ4n) is 2.66. The second-order valence-corrected chi connectivity index (χ2v) is 5.59. The third kappa shape index (κ3) is 5.04. The molecular weight excluding hydrogens is 439 g/mol. The van der Waals surface area contributed by atoms with Crippen LogP contribution in [0, 0.1) is 11.6 Å². The quantitative estimate of drug-likeness (QED) is 0.420. The number of hydrogen-bond acceptors (Lipinski definition) is 2. The minimum Gasteiger partial charge on any atom is -0.488 e.